The first-order valence-electron chi connectivity index (χ1n) is 11.8. The van der Waals surface area contributed by atoms with Crippen molar-refractivity contribution in [1.29, 1.82) is 0 Å². The highest BCUT2D eigenvalue weighted by Gasteiger charge is 2.22. The van der Waals surface area contributed by atoms with Gasteiger partial charge in [-0.2, -0.15) is 0 Å². The molecule has 3 rings (SSSR count). The van der Waals surface area contributed by atoms with E-state index in [9.17, 15) is 24.5 Å². The number of carbonyl (C=O) groups excluding carboxylic acids is 3. The first kappa shape index (κ1) is 28.4. The largest absolute Gasteiger partial charge is 0.493 e. The number of carbonyl (C=O) groups is 3. The van der Waals surface area contributed by atoms with Crippen LogP contribution in [0.1, 0.15) is 35.7 Å². The molecule has 0 saturated carbocycles. The molecule has 1 atom stereocenters. The lowest BCUT2D eigenvalue weighted by molar-refractivity contribution is -0.384. The molecule has 0 bridgehead atoms. The number of nitrogens with zero attached hydrogens (tertiary/aromatic N) is 1. The van der Waals surface area contributed by atoms with Crippen LogP contribution in [0.5, 0.6) is 11.5 Å². The van der Waals surface area contributed by atoms with E-state index in [1.807, 2.05) is 0 Å². The summed E-state index contributed by atoms with van der Waals surface area (Å²) >= 11 is 0. The molecule has 12 heteroatoms. The fraction of sp³-hybridized carbons (Fsp3) is 0.222. The second kappa shape index (κ2) is 12.9. The molecule has 1 unspecified atom stereocenters. The number of anilines is 3. The van der Waals surface area contributed by atoms with Gasteiger partial charge in [-0.3, -0.25) is 14.9 Å². The third-order valence-corrected chi connectivity index (χ3v) is 5.65. The Morgan fingerprint density at radius 2 is 1.54 bits per heavy atom. The molecule has 3 N–H and O–H groups in total. The lowest BCUT2D eigenvalue weighted by Crippen LogP contribution is -2.21. The van der Waals surface area contributed by atoms with Gasteiger partial charge in [-0.15, -0.1) is 0 Å². The van der Waals surface area contributed by atoms with Gasteiger partial charge in [0.15, 0.2) is 11.5 Å². The number of nitro groups is 1. The molecule has 204 valence electrons. The number of esters is 1. The van der Waals surface area contributed by atoms with Gasteiger partial charge in [0.2, 0.25) is 5.91 Å². The predicted molar refractivity (Wildman–Crippen MR) is 145 cm³/mol. The van der Waals surface area contributed by atoms with Crippen LogP contribution in [0.25, 0.3) is 0 Å². The monoisotopic (exact) mass is 536 g/mol. The van der Waals surface area contributed by atoms with E-state index in [-0.39, 0.29) is 29.2 Å². The molecule has 0 fully saturated rings. The summed E-state index contributed by atoms with van der Waals surface area (Å²) in [4.78, 5) is 48.3. The van der Waals surface area contributed by atoms with Crippen LogP contribution < -0.4 is 25.4 Å². The number of hydrogen-bond acceptors (Lipinski definition) is 8. The average molecular weight is 537 g/mol. The van der Waals surface area contributed by atoms with Gasteiger partial charge in [-0.1, -0.05) is 18.2 Å². The first-order valence-corrected chi connectivity index (χ1v) is 11.8. The summed E-state index contributed by atoms with van der Waals surface area (Å²) in [5, 5.41) is 18.8. The molecule has 0 saturated heterocycles. The van der Waals surface area contributed by atoms with Crippen LogP contribution in [0.2, 0.25) is 0 Å². The minimum Gasteiger partial charge on any atom is -0.493 e. The van der Waals surface area contributed by atoms with E-state index in [2.05, 4.69) is 16.0 Å². The molecule has 0 aliphatic carbocycles. The summed E-state index contributed by atoms with van der Waals surface area (Å²) in [7, 11) is 2.87. The zero-order valence-corrected chi connectivity index (χ0v) is 21.8. The molecular formula is C27H28N4O8. The second-order valence-electron chi connectivity index (χ2n) is 8.19. The summed E-state index contributed by atoms with van der Waals surface area (Å²) in [5.74, 6) is -1.01. The minimum atomic E-state index is -0.625. The SMILES string of the molecule is CCOC(=O)c1cc(OC)c(OC)cc1NC(=O)C(C)c1ccc(NC(=O)Nc2cccc([N+](=O)[O-])c2)cc1. The van der Waals surface area contributed by atoms with Crippen molar-refractivity contribution in [3.05, 3.63) is 81.9 Å². The Balaban J connectivity index is 1.70. The van der Waals surface area contributed by atoms with E-state index in [4.69, 9.17) is 14.2 Å². The van der Waals surface area contributed by atoms with Crippen molar-refractivity contribution in [2.45, 2.75) is 19.8 Å². The van der Waals surface area contributed by atoms with Gasteiger partial charge in [-0.25, -0.2) is 9.59 Å². The van der Waals surface area contributed by atoms with Crippen molar-refractivity contribution in [3.63, 3.8) is 0 Å². The maximum Gasteiger partial charge on any atom is 0.340 e. The van der Waals surface area contributed by atoms with E-state index in [0.717, 1.165) is 0 Å². The topological polar surface area (TPSA) is 158 Å². The summed E-state index contributed by atoms with van der Waals surface area (Å²) in [6, 6.07) is 14.5. The number of methoxy groups -OCH3 is 2. The lowest BCUT2D eigenvalue weighted by atomic mass is 9.99. The van der Waals surface area contributed by atoms with Crippen molar-refractivity contribution < 1.29 is 33.5 Å². The van der Waals surface area contributed by atoms with Crippen LogP contribution in [-0.2, 0) is 9.53 Å². The third-order valence-electron chi connectivity index (χ3n) is 5.65. The Labute approximate surface area is 224 Å². The zero-order valence-electron chi connectivity index (χ0n) is 21.8. The maximum atomic E-state index is 13.1. The molecule has 0 aliphatic heterocycles. The number of urea groups is 1. The van der Waals surface area contributed by atoms with E-state index < -0.39 is 28.7 Å². The quantitative estimate of drug-likeness (QED) is 0.182. The number of hydrogen-bond donors (Lipinski definition) is 3. The third kappa shape index (κ3) is 7.22. The Morgan fingerprint density at radius 3 is 2.15 bits per heavy atom. The molecular weight excluding hydrogens is 508 g/mol. The lowest BCUT2D eigenvalue weighted by Gasteiger charge is -2.17. The smallest absolute Gasteiger partial charge is 0.340 e. The normalized spacial score (nSPS) is 11.1. The van der Waals surface area contributed by atoms with Crippen LogP contribution in [0.4, 0.5) is 27.5 Å². The minimum absolute atomic E-state index is 0.115. The number of ether oxygens (including phenoxy) is 3. The molecule has 0 heterocycles. The molecule has 39 heavy (non-hydrogen) atoms. The van der Waals surface area contributed by atoms with Crippen molar-refractivity contribution in [2.24, 2.45) is 0 Å². The second-order valence-corrected chi connectivity index (χ2v) is 8.19. The Hall–Kier alpha value is -5.13. The fourth-order valence-electron chi connectivity index (χ4n) is 3.60. The molecule has 0 aliphatic rings. The highest BCUT2D eigenvalue weighted by atomic mass is 16.6. The van der Waals surface area contributed by atoms with Crippen LogP contribution in [-0.4, -0.2) is 43.7 Å². The van der Waals surface area contributed by atoms with E-state index in [1.54, 1.807) is 38.1 Å². The number of rotatable bonds is 10. The molecule has 0 spiro atoms. The van der Waals surface area contributed by atoms with Crippen LogP contribution in [0.3, 0.4) is 0 Å². The predicted octanol–water partition coefficient (Wildman–Crippen LogP) is 5.17. The van der Waals surface area contributed by atoms with E-state index >= 15 is 0 Å². The molecule has 3 amide bonds. The zero-order chi connectivity index (χ0) is 28.5. The van der Waals surface area contributed by atoms with Gasteiger partial charge in [0, 0.05) is 35.6 Å². The van der Waals surface area contributed by atoms with Crippen LogP contribution in [0, 0.1) is 10.1 Å². The fourth-order valence-corrected chi connectivity index (χ4v) is 3.60. The van der Waals surface area contributed by atoms with Gasteiger partial charge >= 0.3 is 12.0 Å². The van der Waals surface area contributed by atoms with Crippen molar-refractivity contribution in [2.75, 3.05) is 36.8 Å². The van der Waals surface area contributed by atoms with Crippen molar-refractivity contribution in [1.82, 2.24) is 0 Å². The van der Waals surface area contributed by atoms with Crippen molar-refractivity contribution in [3.8, 4) is 11.5 Å². The summed E-state index contributed by atoms with van der Waals surface area (Å²) in [6.45, 7) is 3.52. The van der Waals surface area contributed by atoms with Crippen LogP contribution in [0.15, 0.2) is 60.7 Å². The van der Waals surface area contributed by atoms with Gasteiger partial charge in [0.05, 0.1) is 42.9 Å². The average Bonchev–Trinajstić information content (AvgIpc) is 2.92. The molecule has 0 radical (unpaired) electrons. The molecule has 0 aromatic heterocycles. The summed E-state index contributed by atoms with van der Waals surface area (Å²) in [6.07, 6.45) is 0. The first-order chi connectivity index (χ1) is 18.7. The summed E-state index contributed by atoms with van der Waals surface area (Å²) < 4.78 is 15.7. The van der Waals surface area contributed by atoms with E-state index in [1.165, 1.54) is 50.6 Å². The highest BCUT2D eigenvalue weighted by Crippen LogP contribution is 2.34. The number of non-ortho nitro benzene ring substituents is 1. The van der Waals surface area contributed by atoms with Crippen LogP contribution >= 0.6 is 0 Å². The van der Waals surface area contributed by atoms with Gasteiger partial charge in [0.25, 0.3) is 5.69 Å². The number of nitrogens with one attached hydrogen (secondary N) is 3. The number of nitro benzene ring substituents is 1. The Kier molecular flexibility index (Phi) is 9.41. The molecule has 3 aromatic rings. The maximum absolute atomic E-state index is 13.1. The number of amides is 3. The van der Waals surface area contributed by atoms with Gasteiger partial charge in [-0.05, 0) is 37.6 Å². The number of benzene rings is 3. The highest BCUT2D eigenvalue weighted by molar-refractivity contribution is 6.04. The van der Waals surface area contributed by atoms with E-state index in [0.29, 0.717) is 22.7 Å². The Bertz CT molecular complexity index is 1370. The van der Waals surface area contributed by atoms with Gasteiger partial charge < -0.3 is 30.2 Å². The Morgan fingerprint density at radius 1 is 0.897 bits per heavy atom. The molecule has 3 aromatic carbocycles. The van der Waals surface area contributed by atoms with Gasteiger partial charge in [0.1, 0.15) is 0 Å². The molecule has 12 nitrogen and oxygen atoms in total. The standard InChI is InChI=1S/C27H28N4O8/c1-5-39-26(33)21-14-23(37-3)24(38-4)15-22(21)30-25(32)16(2)17-9-11-18(12-10-17)28-27(34)29-19-7-6-8-20(13-19)31(35)36/h6-16H,5H2,1-4H3,(H,30,32)(H2,28,29,34). The van der Waals surface area contributed by atoms with Crippen molar-refractivity contribution >= 4 is 40.7 Å². The summed E-state index contributed by atoms with van der Waals surface area (Å²) in [5.41, 5.74) is 1.53.